The van der Waals surface area contributed by atoms with E-state index in [1.54, 1.807) is 7.05 Å². The lowest BCUT2D eigenvalue weighted by Crippen LogP contribution is -2.25. The molecule has 0 bridgehead atoms. The van der Waals surface area contributed by atoms with Crippen LogP contribution in [0.15, 0.2) is 18.3 Å². The van der Waals surface area contributed by atoms with E-state index in [2.05, 4.69) is 10.4 Å². The van der Waals surface area contributed by atoms with Gasteiger partial charge in [0.1, 0.15) is 23.0 Å². The van der Waals surface area contributed by atoms with Crippen LogP contribution in [0.25, 0.3) is 0 Å². The van der Waals surface area contributed by atoms with Crippen molar-refractivity contribution in [3.8, 4) is 0 Å². The Morgan fingerprint density at radius 3 is 2.75 bits per heavy atom. The lowest BCUT2D eigenvalue weighted by atomic mass is 10.1. The summed E-state index contributed by atoms with van der Waals surface area (Å²) >= 11 is 0. The van der Waals surface area contributed by atoms with E-state index in [1.807, 2.05) is 0 Å². The Hall–Kier alpha value is -2.44. The lowest BCUT2D eigenvalue weighted by molar-refractivity contribution is 0.0942. The molecule has 3 N–H and O–H groups in total. The van der Waals surface area contributed by atoms with Crippen LogP contribution < -0.4 is 11.1 Å². The summed E-state index contributed by atoms with van der Waals surface area (Å²) in [5, 5.41) is 6.33. The zero-order chi connectivity index (χ0) is 14.9. The number of halogens is 2. The van der Waals surface area contributed by atoms with Gasteiger partial charge in [0.25, 0.3) is 5.91 Å². The maximum atomic E-state index is 13.8. The van der Waals surface area contributed by atoms with Gasteiger partial charge in [0, 0.05) is 19.2 Å². The molecule has 0 saturated heterocycles. The number of carbonyl (C=O) groups excluding carboxylic acids is 1. The number of anilines is 1. The molecule has 1 aromatic carbocycles. The number of hydrogen-bond donors (Lipinski definition) is 2. The van der Waals surface area contributed by atoms with Crippen molar-refractivity contribution in [2.45, 2.75) is 13.5 Å². The third-order valence-electron chi connectivity index (χ3n) is 3.02. The summed E-state index contributed by atoms with van der Waals surface area (Å²) in [7, 11) is 1.65. The lowest BCUT2D eigenvalue weighted by Gasteiger charge is -2.08. The summed E-state index contributed by atoms with van der Waals surface area (Å²) < 4.78 is 28.8. The largest absolute Gasteiger partial charge is 0.384 e. The molecule has 0 aliphatic rings. The Kier molecular flexibility index (Phi) is 3.69. The van der Waals surface area contributed by atoms with Crippen molar-refractivity contribution in [1.82, 2.24) is 15.1 Å². The molecule has 1 aromatic heterocycles. The van der Waals surface area contributed by atoms with Crippen molar-refractivity contribution >= 4 is 11.7 Å². The standard InChI is InChI=1S/C13H14F2N4O/c1-7-3-4-9(14)10(11(7)15)13(20)17-5-8-6-18-19(2)12(8)16/h3-4,6H,5,16H2,1-2H3,(H,17,20). The Labute approximate surface area is 114 Å². The van der Waals surface area contributed by atoms with Crippen molar-refractivity contribution in [3.05, 3.63) is 46.7 Å². The molecule has 0 aliphatic carbocycles. The number of aryl methyl sites for hydroxylation is 2. The second kappa shape index (κ2) is 5.28. The third kappa shape index (κ3) is 2.47. The van der Waals surface area contributed by atoms with Gasteiger partial charge in [0.05, 0.1) is 6.20 Å². The van der Waals surface area contributed by atoms with Crippen LogP contribution in [0.3, 0.4) is 0 Å². The first kappa shape index (κ1) is 14.0. The molecule has 0 saturated carbocycles. The van der Waals surface area contributed by atoms with E-state index in [1.165, 1.54) is 23.9 Å². The van der Waals surface area contributed by atoms with Crippen LogP contribution in [0.4, 0.5) is 14.6 Å². The van der Waals surface area contributed by atoms with Crippen molar-refractivity contribution < 1.29 is 13.6 Å². The summed E-state index contributed by atoms with van der Waals surface area (Å²) in [6, 6.07) is 2.34. The number of nitrogens with one attached hydrogen (secondary N) is 1. The highest BCUT2D eigenvalue weighted by Crippen LogP contribution is 2.16. The number of carbonyl (C=O) groups is 1. The fraction of sp³-hybridized carbons (Fsp3) is 0.231. The van der Waals surface area contributed by atoms with E-state index in [4.69, 9.17) is 5.73 Å². The number of aromatic nitrogens is 2. The molecule has 20 heavy (non-hydrogen) atoms. The maximum Gasteiger partial charge on any atom is 0.257 e. The minimum Gasteiger partial charge on any atom is -0.384 e. The number of nitrogens with zero attached hydrogens (tertiary/aromatic N) is 2. The molecule has 0 fully saturated rings. The molecule has 1 amide bonds. The highest BCUT2D eigenvalue weighted by atomic mass is 19.1. The van der Waals surface area contributed by atoms with Gasteiger partial charge in [-0.3, -0.25) is 9.48 Å². The van der Waals surface area contributed by atoms with Gasteiger partial charge in [0.2, 0.25) is 0 Å². The smallest absolute Gasteiger partial charge is 0.257 e. The second-order valence-electron chi connectivity index (χ2n) is 4.41. The molecule has 0 radical (unpaired) electrons. The van der Waals surface area contributed by atoms with Gasteiger partial charge in [-0.05, 0) is 18.6 Å². The summed E-state index contributed by atoms with van der Waals surface area (Å²) in [5.74, 6) is -2.20. The first-order valence-corrected chi connectivity index (χ1v) is 5.91. The van der Waals surface area contributed by atoms with E-state index in [-0.39, 0.29) is 12.1 Å². The number of benzene rings is 1. The molecule has 0 atom stereocenters. The van der Waals surface area contributed by atoms with Crippen LogP contribution in [-0.4, -0.2) is 15.7 Å². The highest BCUT2D eigenvalue weighted by Gasteiger charge is 2.19. The summed E-state index contributed by atoms with van der Waals surface area (Å²) in [6.07, 6.45) is 1.48. The normalized spacial score (nSPS) is 10.6. The number of rotatable bonds is 3. The van der Waals surface area contributed by atoms with Gasteiger partial charge in [-0.1, -0.05) is 6.07 Å². The molecule has 0 aliphatic heterocycles. The average Bonchev–Trinajstić information content (AvgIpc) is 2.72. The van der Waals surface area contributed by atoms with Gasteiger partial charge < -0.3 is 11.1 Å². The van der Waals surface area contributed by atoms with Crippen LogP contribution >= 0.6 is 0 Å². The van der Waals surface area contributed by atoms with Crippen molar-refractivity contribution in [1.29, 1.82) is 0 Å². The molecular weight excluding hydrogens is 266 g/mol. The Bertz CT molecular complexity index is 667. The van der Waals surface area contributed by atoms with Crippen LogP contribution in [0.1, 0.15) is 21.5 Å². The molecule has 2 aromatic rings. The van der Waals surface area contributed by atoms with E-state index in [9.17, 15) is 13.6 Å². The number of hydrogen-bond acceptors (Lipinski definition) is 3. The van der Waals surface area contributed by atoms with E-state index in [0.717, 1.165) is 6.07 Å². The SMILES string of the molecule is Cc1ccc(F)c(C(=O)NCc2cnn(C)c2N)c1F. The highest BCUT2D eigenvalue weighted by molar-refractivity contribution is 5.95. The molecule has 1 heterocycles. The minimum atomic E-state index is -0.898. The van der Waals surface area contributed by atoms with Gasteiger partial charge in [0.15, 0.2) is 0 Å². The van der Waals surface area contributed by atoms with Gasteiger partial charge in [-0.2, -0.15) is 5.10 Å². The molecule has 5 nitrogen and oxygen atoms in total. The van der Waals surface area contributed by atoms with Crippen molar-refractivity contribution in [2.75, 3.05) is 5.73 Å². The van der Waals surface area contributed by atoms with Crippen molar-refractivity contribution in [3.63, 3.8) is 0 Å². The second-order valence-corrected chi connectivity index (χ2v) is 4.41. The quantitative estimate of drug-likeness (QED) is 0.895. The Morgan fingerprint density at radius 2 is 2.15 bits per heavy atom. The molecule has 0 spiro atoms. The summed E-state index contributed by atoms with van der Waals surface area (Å²) in [5.41, 5.74) is 5.91. The molecule has 0 unspecified atom stereocenters. The number of nitrogens with two attached hydrogens (primary N) is 1. The zero-order valence-corrected chi connectivity index (χ0v) is 11.1. The summed E-state index contributed by atoms with van der Waals surface area (Å²) in [4.78, 5) is 11.9. The fourth-order valence-corrected chi connectivity index (χ4v) is 1.76. The minimum absolute atomic E-state index is 0.0470. The zero-order valence-electron chi connectivity index (χ0n) is 11.1. The Balaban J connectivity index is 2.17. The van der Waals surface area contributed by atoms with E-state index >= 15 is 0 Å². The van der Waals surface area contributed by atoms with E-state index in [0.29, 0.717) is 11.4 Å². The fourth-order valence-electron chi connectivity index (χ4n) is 1.76. The third-order valence-corrected chi connectivity index (χ3v) is 3.02. The van der Waals surface area contributed by atoms with Gasteiger partial charge in [-0.15, -0.1) is 0 Å². The predicted octanol–water partition coefficient (Wildman–Crippen LogP) is 1.52. The average molecular weight is 280 g/mol. The molecule has 7 heteroatoms. The molecule has 2 rings (SSSR count). The van der Waals surface area contributed by atoms with Gasteiger partial charge >= 0.3 is 0 Å². The van der Waals surface area contributed by atoms with E-state index < -0.39 is 23.1 Å². The van der Waals surface area contributed by atoms with Crippen LogP contribution in [0.5, 0.6) is 0 Å². The maximum absolute atomic E-state index is 13.8. The van der Waals surface area contributed by atoms with Crippen LogP contribution in [-0.2, 0) is 13.6 Å². The van der Waals surface area contributed by atoms with Crippen LogP contribution in [0, 0.1) is 18.6 Å². The monoisotopic (exact) mass is 280 g/mol. The Morgan fingerprint density at radius 1 is 1.45 bits per heavy atom. The van der Waals surface area contributed by atoms with Crippen molar-refractivity contribution in [2.24, 2.45) is 7.05 Å². The summed E-state index contributed by atoms with van der Waals surface area (Å²) in [6.45, 7) is 1.51. The first-order chi connectivity index (χ1) is 9.41. The number of amides is 1. The topological polar surface area (TPSA) is 72.9 Å². The van der Waals surface area contributed by atoms with Crippen LogP contribution in [0.2, 0.25) is 0 Å². The molecular formula is C13H14F2N4O. The van der Waals surface area contributed by atoms with Gasteiger partial charge in [-0.25, -0.2) is 8.78 Å². The first-order valence-electron chi connectivity index (χ1n) is 5.91. The molecule has 106 valence electrons. The number of nitrogen functional groups attached to an aromatic ring is 1. The predicted molar refractivity (Wildman–Crippen MR) is 69.9 cm³/mol.